The van der Waals surface area contributed by atoms with E-state index in [9.17, 15) is 4.39 Å². The van der Waals surface area contributed by atoms with E-state index in [1.807, 2.05) is 18.2 Å². The number of hydrogen-bond donors (Lipinski definition) is 0. The Morgan fingerprint density at radius 3 is 2.53 bits per heavy atom. The molecule has 1 nitrogen and oxygen atoms in total. The normalized spacial score (nSPS) is 10.3. The van der Waals surface area contributed by atoms with Crippen molar-refractivity contribution >= 4 is 23.2 Å². The summed E-state index contributed by atoms with van der Waals surface area (Å²) in [6, 6.07) is 11.6. The summed E-state index contributed by atoms with van der Waals surface area (Å²) in [5.41, 5.74) is 0.809. The van der Waals surface area contributed by atoms with Crippen LogP contribution in [0.5, 0.6) is 5.75 Å². The zero-order chi connectivity index (χ0) is 12.3. The molecule has 0 bridgehead atoms. The van der Waals surface area contributed by atoms with Crippen molar-refractivity contribution in [1.82, 2.24) is 0 Å². The van der Waals surface area contributed by atoms with Gasteiger partial charge in [-0.25, -0.2) is 4.39 Å². The molecule has 0 aromatic heterocycles. The second-order valence-corrected chi connectivity index (χ2v) is 4.30. The van der Waals surface area contributed by atoms with E-state index in [0.717, 1.165) is 5.56 Å². The van der Waals surface area contributed by atoms with Gasteiger partial charge in [0, 0.05) is 15.6 Å². The molecule has 0 spiro atoms. The summed E-state index contributed by atoms with van der Waals surface area (Å²) >= 11 is 11.6. The SMILES string of the molecule is Fc1cc(Cl)ccc1OCc1ccccc1Cl. The number of hydrogen-bond acceptors (Lipinski definition) is 1. The fraction of sp³-hybridized carbons (Fsp3) is 0.0769. The van der Waals surface area contributed by atoms with Gasteiger partial charge in [-0.05, 0) is 24.3 Å². The first kappa shape index (κ1) is 12.2. The highest BCUT2D eigenvalue weighted by Crippen LogP contribution is 2.23. The summed E-state index contributed by atoms with van der Waals surface area (Å²) in [6.45, 7) is 0.220. The van der Waals surface area contributed by atoms with Gasteiger partial charge in [0.2, 0.25) is 0 Å². The van der Waals surface area contributed by atoms with E-state index < -0.39 is 5.82 Å². The first-order chi connectivity index (χ1) is 8.16. The zero-order valence-electron chi connectivity index (χ0n) is 8.79. The number of ether oxygens (including phenoxy) is 1. The third-order valence-electron chi connectivity index (χ3n) is 2.23. The van der Waals surface area contributed by atoms with Gasteiger partial charge in [0.05, 0.1) is 0 Å². The minimum atomic E-state index is -0.482. The molecule has 2 rings (SSSR count). The van der Waals surface area contributed by atoms with Crippen LogP contribution in [0, 0.1) is 5.82 Å². The van der Waals surface area contributed by atoms with Gasteiger partial charge < -0.3 is 4.74 Å². The van der Waals surface area contributed by atoms with Crippen LogP contribution in [-0.2, 0) is 6.61 Å². The van der Waals surface area contributed by atoms with E-state index in [1.165, 1.54) is 12.1 Å². The lowest BCUT2D eigenvalue weighted by Crippen LogP contribution is -1.97. The minimum absolute atomic E-state index is 0.161. The van der Waals surface area contributed by atoms with Gasteiger partial charge in [0.25, 0.3) is 0 Å². The Bertz CT molecular complexity index is 529. The third kappa shape index (κ3) is 3.11. The standard InChI is InChI=1S/C13H9Cl2FO/c14-10-5-6-13(12(16)7-10)17-8-9-3-1-2-4-11(9)15/h1-7H,8H2. The predicted octanol–water partition coefficient (Wildman–Crippen LogP) is 4.71. The van der Waals surface area contributed by atoms with Gasteiger partial charge in [-0.15, -0.1) is 0 Å². The Hall–Kier alpha value is -1.25. The molecule has 0 radical (unpaired) electrons. The van der Waals surface area contributed by atoms with Crippen molar-refractivity contribution in [2.24, 2.45) is 0 Å². The zero-order valence-corrected chi connectivity index (χ0v) is 10.3. The number of benzene rings is 2. The molecule has 2 aromatic carbocycles. The van der Waals surface area contributed by atoms with Crippen LogP contribution in [0.2, 0.25) is 10.0 Å². The van der Waals surface area contributed by atoms with E-state index in [0.29, 0.717) is 10.0 Å². The van der Waals surface area contributed by atoms with Gasteiger partial charge in [0.1, 0.15) is 6.61 Å². The lowest BCUT2D eigenvalue weighted by Gasteiger charge is -2.08. The molecule has 0 aliphatic heterocycles. The van der Waals surface area contributed by atoms with Crippen LogP contribution in [0.15, 0.2) is 42.5 Å². The first-order valence-corrected chi connectivity index (χ1v) is 5.73. The molecular weight excluding hydrogens is 262 g/mol. The molecule has 4 heteroatoms. The Morgan fingerprint density at radius 2 is 1.82 bits per heavy atom. The largest absolute Gasteiger partial charge is 0.486 e. The van der Waals surface area contributed by atoms with Gasteiger partial charge in [0.15, 0.2) is 11.6 Å². The maximum atomic E-state index is 13.4. The Labute approximate surface area is 109 Å². The summed E-state index contributed by atoms with van der Waals surface area (Å²) in [4.78, 5) is 0. The van der Waals surface area contributed by atoms with Crippen molar-refractivity contribution in [3.63, 3.8) is 0 Å². The molecule has 0 aliphatic rings. The van der Waals surface area contributed by atoms with Gasteiger partial charge >= 0.3 is 0 Å². The van der Waals surface area contributed by atoms with Crippen LogP contribution in [0.3, 0.4) is 0 Å². The second-order valence-electron chi connectivity index (χ2n) is 3.45. The summed E-state index contributed by atoms with van der Waals surface area (Å²) in [5.74, 6) is -0.320. The van der Waals surface area contributed by atoms with Crippen LogP contribution in [-0.4, -0.2) is 0 Å². The first-order valence-electron chi connectivity index (χ1n) is 4.98. The molecule has 0 heterocycles. The van der Waals surface area contributed by atoms with E-state index >= 15 is 0 Å². The minimum Gasteiger partial charge on any atom is -0.486 e. The van der Waals surface area contributed by atoms with Crippen LogP contribution in [0.4, 0.5) is 4.39 Å². The van der Waals surface area contributed by atoms with Crippen molar-refractivity contribution < 1.29 is 9.13 Å². The number of halogens is 3. The smallest absolute Gasteiger partial charge is 0.166 e. The summed E-state index contributed by atoms with van der Waals surface area (Å²) in [5, 5.41) is 0.939. The molecule has 0 unspecified atom stereocenters. The molecule has 0 aliphatic carbocycles. The van der Waals surface area contributed by atoms with E-state index in [1.54, 1.807) is 12.1 Å². The summed E-state index contributed by atoms with van der Waals surface area (Å²) in [6.07, 6.45) is 0. The van der Waals surface area contributed by atoms with Crippen molar-refractivity contribution in [3.8, 4) is 5.75 Å². The molecule has 0 N–H and O–H groups in total. The van der Waals surface area contributed by atoms with Crippen molar-refractivity contribution in [1.29, 1.82) is 0 Å². The van der Waals surface area contributed by atoms with Crippen molar-refractivity contribution in [2.45, 2.75) is 6.61 Å². The quantitative estimate of drug-likeness (QED) is 0.785. The Kier molecular flexibility index (Phi) is 3.87. The molecule has 0 saturated heterocycles. The average molecular weight is 271 g/mol. The van der Waals surface area contributed by atoms with Crippen LogP contribution >= 0.6 is 23.2 Å². The van der Waals surface area contributed by atoms with Crippen molar-refractivity contribution in [3.05, 3.63) is 63.9 Å². The maximum absolute atomic E-state index is 13.4. The molecule has 0 saturated carbocycles. The molecule has 17 heavy (non-hydrogen) atoms. The van der Waals surface area contributed by atoms with E-state index in [2.05, 4.69) is 0 Å². The summed E-state index contributed by atoms with van der Waals surface area (Å²) in [7, 11) is 0. The fourth-order valence-electron chi connectivity index (χ4n) is 1.36. The van der Waals surface area contributed by atoms with Gasteiger partial charge in [-0.1, -0.05) is 41.4 Å². The molecule has 0 amide bonds. The van der Waals surface area contributed by atoms with Crippen LogP contribution < -0.4 is 4.74 Å². The second kappa shape index (κ2) is 5.39. The molecule has 2 aromatic rings. The third-order valence-corrected chi connectivity index (χ3v) is 2.84. The molecular formula is C13H9Cl2FO. The van der Waals surface area contributed by atoms with E-state index in [-0.39, 0.29) is 12.4 Å². The van der Waals surface area contributed by atoms with Gasteiger partial charge in [-0.2, -0.15) is 0 Å². The lowest BCUT2D eigenvalue weighted by atomic mass is 10.2. The fourth-order valence-corrected chi connectivity index (χ4v) is 1.71. The molecule has 0 fully saturated rings. The highest BCUT2D eigenvalue weighted by Gasteiger charge is 2.05. The van der Waals surface area contributed by atoms with Crippen LogP contribution in [0.1, 0.15) is 5.56 Å². The van der Waals surface area contributed by atoms with Crippen molar-refractivity contribution in [2.75, 3.05) is 0 Å². The summed E-state index contributed by atoms with van der Waals surface area (Å²) < 4.78 is 18.8. The Balaban J connectivity index is 2.10. The van der Waals surface area contributed by atoms with Gasteiger partial charge in [-0.3, -0.25) is 0 Å². The topological polar surface area (TPSA) is 9.23 Å². The monoisotopic (exact) mass is 270 g/mol. The maximum Gasteiger partial charge on any atom is 0.166 e. The number of rotatable bonds is 3. The highest BCUT2D eigenvalue weighted by molar-refractivity contribution is 6.31. The molecule has 0 atom stereocenters. The lowest BCUT2D eigenvalue weighted by molar-refractivity contribution is 0.290. The highest BCUT2D eigenvalue weighted by atomic mass is 35.5. The predicted molar refractivity (Wildman–Crippen MR) is 67.2 cm³/mol. The van der Waals surface area contributed by atoms with Crippen LogP contribution in [0.25, 0.3) is 0 Å². The van der Waals surface area contributed by atoms with E-state index in [4.69, 9.17) is 27.9 Å². The average Bonchev–Trinajstić information content (AvgIpc) is 2.30. The Morgan fingerprint density at radius 1 is 1.06 bits per heavy atom. The molecule has 88 valence electrons.